The quantitative estimate of drug-likeness (QED) is 0.750. The van der Waals surface area contributed by atoms with Gasteiger partial charge in [0.1, 0.15) is 0 Å². The largest absolute Gasteiger partial charge is 0.323 e. The lowest BCUT2D eigenvalue weighted by Crippen LogP contribution is -2.23. The number of carbonyl (C=O) groups excluding carboxylic acids is 1. The van der Waals surface area contributed by atoms with Crippen LogP contribution in [0.25, 0.3) is 6.08 Å². The summed E-state index contributed by atoms with van der Waals surface area (Å²) in [6, 6.07) is 12.5. The van der Waals surface area contributed by atoms with Crippen molar-refractivity contribution in [3.8, 4) is 0 Å². The third kappa shape index (κ3) is 5.24. The molecule has 23 heavy (non-hydrogen) atoms. The fraction of sp³-hybridized carbons (Fsp3) is 0.0625. The van der Waals surface area contributed by atoms with Gasteiger partial charge in [-0.3, -0.25) is 4.55 Å². The Hall–Kier alpha value is -2.64. The van der Waals surface area contributed by atoms with Crippen molar-refractivity contribution in [3.63, 3.8) is 0 Å². The van der Waals surface area contributed by atoms with Gasteiger partial charge in [0.25, 0.3) is 10.1 Å². The molecule has 2 rings (SSSR count). The van der Waals surface area contributed by atoms with Crippen LogP contribution in [0.1, 0.15) is 11.1 Å². The smallest absolute Gasteiger partial charge is 0.314 e. The minimum absolute atomic E-state index is 0.234. The number of nitrogens with one attached hydrogen (secondary N) is 2. The Bertz CT molecular complexity index is 827. The van der Waals surface area contributed by atoms with Crippen molar-refractivity contribution >= 4 is 27.9 Å². The van der Waals surface area contributed by atoms with E-state index in [0.717, 1.165) is 11.1 Å². The van der Waals surface area contributed by atoms with Gasteiger partial charge in [0.05, 0.1) is 4.90 Å². The number of rotatable bonds is 4. The molecule has 0 bridgehead atoms. The summed E-state index contributed by atoms with van der Waals surface area (Å²) in [4.78, 5) is 11.5. The molecule has 120 valence electrons. The molecule has 0 aliphatic carbocycles. The van der Waals surface area contributed by atoms with Crippen molar-refractivity contribution in [3.05, 3.63) is 65.9 Å². The summed E-state index contributed by atoms with van der Waals surface area (Å²) >= 11 is 0. The Morgan fingerprint density at radius 2 is 1.83 bits per heavy atom. The van der Waals surface area contributed by atoms with Crippen LogP contribution in [0, 0.1) is 6.92 Å². The van der Waals surface area contributed by atoms with Crippen molar-refractivity contribution < 1.29 is 17.8 Å². The normalized spacial score (nSPS) is 11.4. The summed E-state index contributed by atoms with van der Waals surface area (Å²) in [6.07, 6.45) is 3.27. The van der Waals surface area contributed by atoms with Crippen molar-refractivity contribution in [2.24, 2.45) is 0 Å². The Labute approximate surface area is 134 Å². The second-order valence-corrected chi connectivity index (χ2v) is 6.27. The molecule has 0 heterocycles. The zero-order chi connectivity index (χ0) is 16.9. The van der Waals surface area contributed by atoms with Crippen LogP contribution in [0.2, 0.25) is 0 Å². The Morgan fingerprint density at radius 1 is 1.13 bits per heavy atom. The van der Waals surface area contributed by atoms with E-state index in [4.69, 9.17) is 4.55 Å². The lowest BCUT2D eigenvalue weighted by molar-refractivity contribution is 0.255. The van der Waals surface area contributed by atoms with E-state index in [9.17, 15) is 13.2 Å². The molecule has 0 aliphatic heterocycles. The third-order valence-electron chi connectivity index (χ3n) is 2.94. The molecule has 0 radical (unpaired) electrons. The van der Waals surface area contributed by atoms with E-state index < -0.39 is 16.1 Å². The molecule has 0 aliphatic rings. The summed E-state index contributed by atoms with van der Waals surface area (Å²) in [5.74, 6) is 0. The van der Waals surface area contributed by atoms with Gasteiger partial charge in [-0.2, -0.15) is 8.42 Å². The summed E-state index contributed by atoms with van der Waals surface area (Å²) in [7, 11) is -4.24. The average Bonchev–Trinajstić information content (AvgIpc) is 2.47. The maximum atomic E-state index is 11.7. The second kappa shape index (κ2) is 7.08. The van der Waals surface area contributed by atoms with Crippen LogP contribution in [0.4, 0.5) is 10.5 Å². The highest BCUT2D eigenvalue weighted by Gasteiger charge is 2.08. The van der Waals surface area contributed by atoms with E-state index in [1.807, 2.05) is 31.2 Å². The monoisotopic (exact) mass is 332 g/mol. The van der Waals surface area contributed by atoms with Crippen LogP contribution in [-0.4, -0.2) is 19.0 Å². The number of hydrogen-bond donors (Lipinski definition) is 3. The van der Waals surface area contributed by atoms with Gasteiger partial charge < -0.3 is 10.6 Å². The molecule has 0 spiro atoms. The molecule has 3 N–H and O–H groups in total. The first kappa shape index (κ1) is 16.7. The Morgan fingerprint density at radius 3 is 2.43 bits per heavy atom. The molecule has 0 fully saturated rings. The lowest BCUT2D eigenvalue weighted by atomic mass is 10.1. The molecular formula is C16H16N2O4S. The van der Waals surface area contributed by atoms with E-state index in [1.54, 1.807) is 6.08 Å². The highest BCUT2D eigenvalue weighted by molar-refractivity contribution is 7.85. The summed E-state index contributed by atoms with van der Waals surface area (Å²) in [6.45, 7) is 1.98. The second-order valence-electron chi connectivity index (χ2n) is 4.85. The van der Waals surface area contributed by atoms with E-state index in [2.05, 4.69) is 10.6 Å². The van der Waals surface area contributed by atoms with Gasteiger partial charge in [-0.1, -0.05) is 29.8 Å². The minimum Gasteiger partial charge on any atom is -0.314 e. The topological polar surface area (TPSA) is 95.5 Å². The fourth-order valence-corrected chi connectivity index (χ4v) is 2.34. The van der Waals surface area contributed by atoms with Crippen molar-refractivity contribution in [1.29, 1.82) is 0 Å². The minimum atomic E-state index is -4.24. The van der Waals surface area contributed by atoms with Crippen molar-refractivity contribution in [2.45, 2.75) is 11.8 Å². The molecule has 0 atom stereocenters. The van der Waals surface area contributed by atoms with Gasteiger partial charge >= 0.3 is 6.03 Å². The molecule has 2 aromatic carbocycles. The number of carbonyl (C=O) groups is 1. The predicted octanol–water partition coefficient (Wildman–Crippen LogP) is 3.03. The van der Waals surface area contributed by atoms with Crippen LogP contribution in [0.5, 0.6) is 0 Å². The van der Waals surface area contributed by atoms with E-state index in [-0.39, 0.29) is 4.90 Å². The van der Waals surface area contributed by atoms with Gasteiger partial charge in [-0.15, -0.1) is 0 Å². The molecule has 0 unspecified atom stereocenters. The number of anilines is 1. The van der Waals surface area contributed by atoms with Crippen molar-refractivity contribution in [2.75, 3.05) is 5.32 Å². The number of aryl methyl sites for hydroxylation is 1. The predicted molar refractivity (Wildman–Crippen MR) is 88.6 cm³/mol. The first-order chi connectivity index (χ1) is 10.8. The Balaban J connectivity index is 1.92. The highest BCUT2D eigenvalue weighted by Crippen LogP contribution is 2.13. The number of urea groups is 1. The van der Waals surface area contributed by atoms with Crippen LogP contribution >= 0.6 is 0 Å². The summed E-state index contributed by atoms with van der Waals surface area (Å²) < 4.78 is 30.7. The third-order valence-corrected chi connectivity index (χ3v) is 3.81. The molecule has 0 saturated heterocycles. The number of amides is 2. The number of benzene rings is 2. The zero-order valence-corrected chi connectivity index (χ0v) is 13.2. The SMILES string of the molecule is Cc1cccc(/C=C/NC(=O)Nc2ccc(S(=O)(=O)O)cc2)c1. The molecule has 2 aromatic rings. The van der Waals surface area contributed by atoms with Gasteiger partial charge in [-0.05, 0) is 42.8 Å². The van der Waals surface area contributed by atoms with Gasteiger partial charge in [0.2, 0.25) is 0 Å². The molecule has 0 aromatic heterocycles. The van der Waals surface area contributed by atoms with Gasteiger partial charge in [-0.25, -0.2) is 4.79 Å². The van der Waals surface area contributed by atoms with Crippen LogP contribution in [0.15, 0.2) is 59.6 Å². The highest BCUT2D eigenvalue weighted by atomic mass is 32.2. The average molecular weight is 332 g/mol. The van der Waals surface area contributed by atoms with Gasteiger partial charge in [0, 0.05) is 11.9 Å². The first-order valence-electron chi connectivity index (χ1n) is 6.73. The van der Waals surface area contributed by atoms with Crippen LogP contribution < -0.4 is 10.6 Å². The number of hydrogen-bond acceptors (Lipinski definition) is 3. The van der Waals surface area contributed by atoms with E-state index in [0.29, 0.717) is 5.69 Å². The first-order valence-corrected chi connectivity index (χ1v) is 8.17. The maximum absolute atomic E-state index is 11.7. The van der Waals surface area contributed by atoms with E-state index in [1.165, 1.54) is 30.5 Å². The van der Waals surface area contributed by atoms with Crippen LogP contribution in [-0.2, 0) is 10.1 Å². The molecule has 6 nitrogen and oxygen atoms in total. The molecular weight excluding hydrogens is 316 g/mol. The maximum Gasteiger partial charge on any atom is 0.323 e. The zero-order valence-electron chi connectivity index (χ0n) is 12.4. The summed E-state index contributed by atoms with van der Waals surface area (Å²) in [5, 5.41) is 5.09. The van der Waals surface area contributed by atoms with Crippen LogP contribution in [0.3, 0.4) is 0 Å². The van der Waals surface area contributed by atoms with E-state index >= 15 is 0 Å². The standard InChI is InChI=1S/C16H16N2O4S/c1-12-3-2-4-13(11-12)9-10-17-16(19)18-14-5-7-15(8-6-14)23(20,21)22/h2-11H,1H3,(H2,17,18,19)(H,20,21,22)/b10-9+. The fourth-order valence-electron chi connectivity index (χ4n) is 1.86. The molecule has 7 heteroatoms. The summed E-state index contributed by atoms with van der Waals surface area (Å²) in [5.41, 5.74) is 2.48. The Kier molecular flexibility index (Phi) is 5.15. The van der Waals surface area contributed by atoms with Crippen molar-refractivity contribution in [1.82, 2.24) is 5.32 Å². The molecule has 2 amide bonds. The lowest BCUT2D eigenvalue weighted by Gasteiger charge is -2.05. The van der Waals surface area contributed by atoms with Gasteiger partial charge in [0.15, 0.2) is 0 Å². The molecule has 0 saturated carbocycles.